The summed E-state index contributed by atoms with van der Waals surface area (Å²) in [5, 5.41) is 12.0. The average molecular weight is 385 g/mol. The van der Waals surface area contributed by atoms with Crippen LogP contribution in [0.1, 0.15) is 17.0 Å². The van der Waals surface area contributed by atoms with Gasteiger partial charge < -0.3 is 5.32 Å². The summed E-state index contributed by atoms with van der Waals surface area (Å²) >= 11 is 5.78. The maximum absolute atomic E-state index is 12.1. The Bertz CT molecular complexity index is 791. The molecule has 2 aromatic carbocycles. The highest BCUT2D eigenvalue weighted by atomic mass is 35.5. The highest BCUT2D eigenvalue weighted by molar-refractivity contribution is 8.00. The van der Waals surface area contributed by atoms with E-state index in [1.54, 1.807) is 30.3 Å². The number of nitrogens with one attached hydrogen (secondary N) is 1. The van der Waals surface area contributed by atoms with Gasteiger partial charge in [0, 0.05) is 10.7 Å². The molecule has 130 valence electrons. The Balaban J connectivity index is 2.13. The van der Waals surface area contributed by atoms with Crippen molar-refractivity contribution in [1.82, 2.24) is 0 Å². The van der Waals surface area contributed by atoms with Crippen molar-refractivity contribution in [3.05, 3.63) is 64.7 Å². The summed E-state index contributed by atoms with van der Waals surface area (Å²) in [6.07, 6.45) is 0. The first-order chi connectivity index (χ1) is 11.8. The van der Waals surface area contributed by atoms with Crippen molar-refractivity contribution in [3.8, 4) is 6.07 Å². The molecule has 0 fully saturated rings. The van der Waals surface area contributed by atoms with Crippen LogP contribution in [-0.2, 0) is 4.79 Å². The van der Waals surface area contributed by atoms with Crippen molar-refractivity contribution in [2.75, 3.05) is 11.1 Å². The molecule has 0 aliphatic carbocycles. The van der Waals surface area contributed by atoms with Crippen LogP contribution in [0, 0.1) is 11.3 Å². The number of nitrogens with zero attached hydrogens (tertiary/aromatic N) is 1. The minimum atomic E-state index is -4.46. The first-order valence-corrected chi connectivity index (χ1v) is 8.41. The monoisotopic (exact) mass is 384 g/mol. The van der Waals surface area contributed by atoms with E-state index >= 15 is 0 Å². The van der Waals surface area contributed by atoms with Gasteiger partial charge in [0.15, 0.2) is 0 Å². The molecule has 0 spiro atoms. The fourth-order valence-corrected chi connectivity index (χ4v) is 2.81. The lowest BCUT2D eigenvalue weighted by Gasteiger charge is -2.13. The molecule has 8 heteroatoms. The number of nitriles is 1. The molecular weight excluding hydrogens is 373 g/mol. The Morgan fingerprint density at radius 1 is 1.24 bits per heavy atom. The van der Waals surface area contributed by atoms with Crippen molar-refractivity contribution in [1.29, 1.82) is 5.26 Å². The number of anilines is 1. The van der Waals surface area contributed by atoms with Crippen LogP contribution >= 0.6 is 23.4 Å². The van der Waals surface area contributed by atoms with Crippen LogP contribution in [0.15, 0.2) is 48.5 Å². The zero-order valence-electron chi connectivity index (χ0n) is 12.7. The molecule has 1 amide bonds. The predicted molar refractivity (Wildman–Crippen MR) is 92.5 cm³/mol. The third kappa shape index (κ3) is 5.69. The number of hydrogen-bond donors (Lipinski definition) is 1. The lowest BCUT2D eigenvalue weighted by Crippen LogP contribution is -2.17. The Morgan fingerprint density at radius 3 is 2.48 bits per heavy atom. The fraction of sp³-hybridized carbons (Fsp3) is 0.176. The van der Waals surface area contributed by atoms with Crippen LogP contribution in [-0.4, -0.2) is 17.2 Å². The third-order valence-electron chi connectivity index (χ3n) is 3.22. The second-order valence-corrected chi connectivity index (χ2v) is 6.44. The summed E-state index contributed by atoms with van der Waals surface area (Å²) < 4.78 is 36.3. The van der Waals surface area contributed by atoms with Gasteiger partial charge >= 0.3 is 5.51 Å². The molecule has 0 bridgehead atoms. The van der Waals surface area contributed by atoms with Gasteiger partial charge in [-0.1, -0.05) is 48.0 Å². The fourth-order valence-electron chi connectivity index (χ4n) is 2.15. The number of carbonyl (C=O) groups is 1. The smallest absolute Gasteiger partial charge is 0.325 e. The Kier molecular flexibility index (Phi) is 6.34. The molecule has 0 aromatic heterocycles. The molecule has 1 N–H and O–H groups in total. The van der Waals surface area contributed by atoms with Gasteiger partial charge in [0.25, 0.3) is 0 Å². The Hall–Kier alpha value is -2.17. The summed E-state index contributed by atoms with van der Waals surface area (Å²) in [6, 6.07) is 15.7. The molecule has 2 aromatic rings. The van der Waals surface area contributed by atoms with Gasteiger partial charge in [0.05, 0.1) is 17.7 Å². The van der Waals surface area contributed by atoms with Crippen molar-refractivity contribution in [2.45, 2.75) is 11.4 Å². The summed E-state index contributed by atoms with van der Waals surface area (Å²) in [7, 11) is 0. The van der Waals surface area contributed by atoms with E-state index < -0.39 is 34.8 Å². The number of alkyl halides is 3. The van der Waals surface area contributed by atoms with Crippen LogP contribution in [0.3, 0.4) is 0 Å². The second-order valence-electron chi connectivity index (χ2n) is 4.99. The van der Waals surface area contributed by atoms with Gasteiger partial charge in [-0.3, -0.25) is 4.79 Å². The molecular formula is C17H12ClF3N2OS. The minimum Gasteiger partial charge on any atom is -0.325 e. The van der Waals surface area contributed by atoms with Gasteiger partial charge in [0.2, 0.25) is 5.91 Å². The highest BCUT2D eigenvalue weighted by Gasteiger charge is 2.29. The Morgan fingerprint density at radius 2 is 1.92 bits per heavy atom. The lowest BCUT2D eigenvalue weighted by atomic mass is 9.92. The summed E-state index contributed by atoms with van der Waals surface area (Å²) in [6.45, 7) is 0. The molecule has 0 saturated heterocycles. The summed E-state index contributed by atoms with van der Waals surface area (Å²) in [5.41, 5.74) is -2.87. The SMILES string of the molecule is N#CC(c1ccccc1)c1ccc(NC(=O)CSC(F)(F)F)cc1Cl. The quantitative estimate of drug-likeness (QED) is 0.772. The van der Waals surface area contributed by atoms with E-state index in [1.807, 2.05) is 6.07 Å². The van der Waals surface area contributed by atoms with E-state index in [-0.39, 0.29) is 10.7 Å². The maximum Gasteiger partial charge on any atom is 0.442 e. The average Bonchev–Trinajstić information content (AvgIpc) is 2.56. The van der Waals surface area contributed by atoms with Crippen LogP contribution < -0.4 is 5.32 Å². The topological polar surface area (TPSA) is 52.9 Å². The number of halogens is 4. The number of thioether (sulfide) groups is 1. The van der Waals surface area contributed by atoms with Crippen molar-refractivity contribution in [3.63, 3.8) is 0 Å². The minimum absolute atomic E-state index is 0.247. The van der Waals surface area contributed by atoms with Crippen LogP contribution in [0.2, 0.25) is 5.02 Å². The highest BCUT2D eigenvalue weighted by Crippen LogP contribution is 2.32. The first-order valence-electron chi connectivity index (χ1n) is 7.04. The number of rotatable bonds is 5. The molecule has 2 rings (SSSR count). The van der Waals surface area contributed by atoms with Gasteiger partial charge in [-0.15, -0.1) is 0 Å². The molecule has 0 aliphatic rings. The Labute approximate surface area is 151 Å². The van der Waals surface area contributed by atoms with Crippen molar-refractivity contribution >= 4 is 35.0 Å². The molecule has 0 radical (unpaired) electrons. The molecule has 25 heavy (non-hydrogen) atoms. The van der Waals surface area contributed by atoms with E-state index in [1.165, 1.54) is 12.1 Å². The van der Waals surface area contributed by atoms with Gasteiger partial charge in [-0.2, -0.15) is 18.4 Å². The van der Waals surface area contributed by atoms with E-state index in [0.29, 0.717) is 5.56 Å². The van der Waals surface area contributed by atoms with Gasteiger partial charge in [-0.25, -0.2) is 0 Å². The predicted octanol–water partition coefficient (Wildman–Crippen LogP) is 5.19. The maximum atomic E-state index is 12.1. The third-order valence-corrected chi connectivity index (χ3v) is 4.29. The van der Waals surface area contributed by atoms with Crippen molar-refractivity contribution in [2.24, 2.45) is 0 Å². The normalized spacial score (nSPS) is 12.3. The first kappa shape index (κ1) is 19.2. The lowest BCUT2D eigenvalue weighted by molar-refractivity contribution is -0.114. The van der Waals surface area contributed by atoms with Gasteiger partial charge in [0.1, 0.15) is 0 Å². The van der Waals surface area contributed by atoms with Crippen molar-refractivity contribution < 1.29 is 18.0 Å². The number of benzene rings is 2. The zero-order chi connectivity index (χ0) is 18.4. The number of amides is 1. The largest absolute Gasteiger partial charge is 0.442 e. The molecule has 1 atom stereocenters. The van der Waals surface area contributed by atoms with Crippen LogP contribution in [0.5, 0.6) is 0 Å². The van der Waals surface area contributed by atoms with E-state index in [9.17, 15) is 23.2 Å². The van der Waals surface area contributed by atoms with Gasteiger partial charge in [-0.05, 0) is 35.0 Å². The van der Waals surface area contributed by atoms with E-state index in [0.717, 1.165) is 5.56 Å². The molecule has 0 saturated carbocycles. The molecule has 3 nitrogen and oxygen atoms in total. The number of carbonyl (C=O) groups excluding carboxylic acids is 1. The van der Waals surface area contributed by atoms with Crippen LogP contribution in [0.25, 0.3) is 0 Å². The molecule has 1 unspecified atom stereocenters. The molecule has 0 aliphatic heterocycles. The zero-order valence-corrected chi connectivity index (χ0v) is 14.3. The number of hydrogen-bond acceptors (Lipinski definition) is 3. The van der Waals surface area contributed by atoms with E-state index in [4.69, 9.17) is 11.6 Å². The van der Waals surface area contributed by atoms with E-state index in [2.05, 4.69) is 11.4 Å². The summed E-state index contributed by atoms with van der Waals surface area (Å²) in [5.74, 6) is -2.11. The van der Waals surface area contributed by atoms with Crippen LogP contribution in [0.4, 0.5) is 18.9 Å². The second kappa shape index (κ2) is 8.28. The summed E-state index contributed by atoms with van der Waals surface area (Å²) in [4.78, 5) is 11.5. The standard InChI is InChI=1S/C17H12ClF3N2OS/c18-15-8-12(23-16(24)10-25-17(19,20)21)6-7-13(15)14(9-22)11-4-2-1-3-5-11/h1-8,14H,10H2,(H,23,24). The molecule has 0 heterocycles.